The second kappa shape index (κ2) is 9.76. The van der Waals surface area contributed by atoms with E-state index in [0.717, 1.165) is 10.6 Å². The van der Waals surface area contributed by atoms with Gasteiger partial charge in [-0.2, -0.15) is 0 Å². The number of aromatic amines is 1. The molecule has 3 heterocycles. The van der Waals surface area contributed by atoms with Gasteiger partial charge in [-0.1, -0.05) is 0 Å². The van der Waals surface area contributed by atoms with Crippen molar-refractivity contribution in [2.24, 2.45) is 0 Å². The molecule has 180 valence electrons. The van der Waals surface area contributed by atoms with Crippen molar-refractivity contribution in [1.29, 1.82) is 0 Å². The van der Waals surface area contributed by atoms with Crippen molar-refractivity contribution < 1.29 is 37.1 Å². The Morgan fingerprint density at radius 3 is 2.78 bits per heavy atom. The van der Waals surface area contributed by atoms with Crippen LogP contribution in [0.3, 0.4) is 0 Å². The Balaban J connectivity index is 1.66. The van der Waals surface area contributed by atoms with E-state index in [-0.39, 0.29) is 25.7 Å². The predicted octanol–water partition coefficient (Wildman–Crippen LogP) is 1.33. The largest absolute Gasteiger partial charge is 0.475 e. The third-order valence-electron chi connectivity index (χ3n) is 4.95. The molecule has 12 nitrogen and oxygen atoms in total. The number of halogens is 1. The van der Waals surface area contributed by atoms with Gasteiger partial charge >= 0.3 is 19.5 Å². The van der Waals surface area contributed by atoms with Gasteiger partial charge in [-0.3, -0.25) is 27.9 Å². The maximum atomic E-state index is 13.0. The molecule has 3 rings (SSSR count). The number of nitrogens with zero attached hydrogens (tertiary/aromatic N) is 1. The van der Waals surface area contributed by atoms with E-state index >= 15 is 0 Å². The number of carbonyl (C=O) groups excluding carboxylic acids is 1. The minimum atomic E-state index is -4.04. The SMILES string of the molecule is CO[C@H](CCOP1(=O)OC[C@H]2O[C@@H](n3ccc(=O)[nH]c3=O)[C@](C)(Cl)[C@@H]2O1)C(=O)OC(C)C. The molecule has 0 bridgehead atoms. The number of phosphoric acid groups is 1. The number of alkyl halides is 1. The molecule has 1 aromatic heterocycles. The zero-order chi connectivity index (χ0) is 23.7. The Kier molecular flexibility index (Phi) is 7.66. The minimum absolute atomic E-state index is 0.0525. The summed E-state index contributed by atoms with van der Waals surface area (Å²) >= 11 is 6.66. The number of hydrogen-bond donors (Lipinski definition) is 1. The standard InChI is InChI=1S/C18H26ClN2O10P/c1-10(2)29-15(23)11(26-4)6-8-27-32(25)28-9-12-14(31-32)18(3,19)16(30-12)21-7-5-13(22)20-17(21)24/h5,7,10-12,14,16H,6,8-9H2,1-4H3,(H,20,22,24)/t11-,12-,14-,16-,18-,32?/m1/s1. The van der Waals surface area contributed by atoms with E-state index in [1.54, 1.807) is 20.8 Å². The first-order valence-corrected chi connectivity index (χ1v) is 11.8. The third kappa shape index (κ3) is 5.33. The number of aromatic nitrogens is 2. The smallest absolute Gasteiger partial charge is 0.461 e. The average molecular weight is 497 g/mol. The number of nitrogens with one attached hydrogen (secondary N) is 1. The summed E-state index contributed by atoms with van der Waals surface area (Å²) < 4.78 is 46.3. The van der Waals surface area contributed by atoms with Crippen LogP contribution in [0.1, 0.15) is 33.4 Å². The van der Waals surface area contributed by atoms with Crippen LogP contribution in [0, 0.1) is 0 Å². The molecule has 6 atom stereocenters. The van der Waals surface area contributed by atoms with Crippen molar-refractivity contribution >= 4 is 25.4 Å². The van der Waals surface area contributed by atoms with Gasteiger partial charge in [0.15, 0.2) is 12.3 Å². The molecule has 0 aliphatic carbocycles. The molecule has 2 aliphatic rings. The van der Waals surface area contributed by atoms with Gasteiger partial charge in [0.25, 0.3) is 5.56 Å². The van der Waals surface area contributed by atoms with Crippen molar-refractivity contribution in [1.82, 2.24) is 9.55 Å². The van der Waals surface area contributed by atoms with Gasteiger partial charge in [0.1, 0.15) is 17.1 Å². The monoisotopic (exact) mass is 496 g/mol. The normalized spacial score (nSPS) is 33.1. The van der Waals surface area contributed by atoms with E-state index in [9.17, 15) is 18.9 Å². The van der Waals surface area contributed by atoms with Crippen LogP contribution in [-0.4, -0.2) is 65.1 Å². The van der Waals surface area contributed by atoms with E-state index in [1.807, 2.05) is 0 Å². The van der Waals surface area contributed by atoms with Crippen LogP contribution >= 0.6 is 19.4 Å². The molecule has 0 radical (unpaired) electrons. The maximum Gasteiger partial charge on any atom is 0.475 e. The zero-order valence-corrected chi connectivity index (χ0v) is 19.7. The molecule has 1 N–H and O–H groups in total. The number of ether oxygens (including phenoxy) is 3. The quantitative estimate of drug-likeness (QED) is 0.318. The summed E-state index contributed by atoms with van der Waals surface area (Å²) in [6.45, 7) is 4.63. The Bertz CT molecular complexity index is 992. The molecule has 0 amide bonds. The Morgan fingerprint density at radius 1 is 1.44 bits per heavy atom. The molecule has 2 aliphatic heterocycles. The topological polar surface area (TPSA) is 144 Å². The lowest BCUT2D eigenvalue weighted by molar-refractivity contribution is -0.160. The highest BCUT2D eigenvalue weighted by Crippen LogP contribution is 2.60. The van der Waals surface area contributed by atoms with Gasteiger partial charge in [-0.25, -0.2) is 14.2 Å². The van der Waals surface area contributed by atoms with E-state index in [4.69, 9.17) is 39.4 Å². The van der Waals surface area contributed by atoms with Gasteiger partial charge in [0, 0.05) is 25.8 Å². The van der Waals surface area contributed by atoms with Crippen molar-refractivity contribution in [2.75, 3.05) is 20.3 Å². The summed E-state index contributed by atoms with van der Waals surface area (Å²) in [6.07, 6.45) is -2.63. The first kappa shape index (κ1) is 25.1. The second-order valence-electron chi connectivity index (χ2n) is 7.80. The average Bonchev–Trinajstić information content (AvgIpc) is 2.95. The van der Waals surface area contributed by atoms with E-state index in [1.165, 1.54) is 13.3 Å². The summed E-state index contributed by atoms with van der Waals surface area (Å²) in [5.41, 5.74) is -1.28. The fraction of sp³-hybridized carbons (Fsp3) is 0.722. The Hall–Kier alpha value is -1.53. The van der Waals surface area contributed by atoms with Gasteiger partial charge in [-0.15, -0.1) is 11.6 Å². The molecular formula is C18H26ClN2O10P. The van der Waals surface area contributed by atoms with Crippen LogP contribution in [0.5, 0.6) is 0 Å². The lowest BCUT2D eigenvalue weighted by Gasteiger charge is -2.34. The number of H-pyrrole nitrogens is 1. The summed E-state index contributed by atoms with van der Waals surface area (Å²) in [5, 5.41) is 0. The van der Waals surface area contributed by atoms with Crippen LogP contribution < -0.4 is 11.2 Å². The van der Waals surface area contributed by atoms with Crippen LogP contribution in [-0.2, 0) is 37.1 Å². The summed E-state index contributed by atoms with van der Waals surface area (Å²) in [6, 6.07) is 1.15. The molecule has 0 aromatic carbocycles. The molecule has 32 heavy (non-hydrogen) atoms. The highest BCUT2D eigenvalue weighted by Gasteiger charge is 2.60. The molecule has 2 fully saturated rings. The molecular weight excluding hydrogens is 471 g/mol. The lowest BCUT2D eigenvalue weighted by Crippen LogP contribution is -2.45. The maximum absolute atomic E-state index is 13.0. The number of esters is 1. The summed E-state index contributed by atoms with van der Waals surface area (Å²) in [4.78, 5) is 36.3. The number of methoxy groups -OCH3 is 1. The minimum Gasteiger partial charge on any atom is -0.461 e. The molecule has 1 unspecified atom stereocenters. The molecule has 1 aromatic rings. The van der Waals surface area contributed by atoms with Gasteiger partial charge < -0.3 is 14.2 Å². The molecule has 2 saturated heterocycles. The number of carbonyl (C=O) groups is 1. The fourth-order valence-corrected chi connectivity index (χ4v) is 5.33. The third-order valence-corrected chi connectivity index (χ3v) is 6.80. The fourth-order valence-electron chi connectivity index (χ4n) is 3.43. The lowest BCUT2D eigenvalue weighted by atomic mass is 10.0. The van der Waals surface area contributed by atoms with Crippen molar-refractivity contribution in [3.05, 3.63) is 33.1 Å². The van der Waals surface area contributed by atoms with E-state index in [2.05, 4.69) is 4.98 Å². The van der Waals surface area contributed by atoms with Crippen molar-refractivity contribution in [3.8, 4) is 0 Å². The Morgan fingerprint density at radius 2 is 2.16 bits per heavy atom. The van der Waals surface area contributed by atoms with E-state index in [0.29, 0.717) is 0 Å². The Labute approximate surface area is 188 Å². The van der Waals surface area contributed by atoms with Gasteiger partial charge in [-0.05, 0) is 20.8 Å². The van der Waals surface area contributed by atoms with Crippen LogP contribution in [0.15, 0.2) is 21.9 Å². The molecule has 0 saturated carbocycles. The highest BCUT2D eigenvalue weighted by atomic mass is 35.5. The highest BCUT2D eigenvalue weighted by molar-refractivity contribution is 7.48. The van der Waals surface area contributed by atoms with Gasteiger partial charge in [0.05, 0.1) is 19.3 Å². The first-order valence-electron chi connectivity index (χ1n) is 9.93. The number of rotatable bonds is 8. The summed E-state index contributed by atoms with van der Waals surface area (Å²) in [7, 11) is -2.70. The van der Waals surface area contributed by atoms with Gasteiger partial charge in [0.2, 0.25) is 0 Å². The van der Waals surface area contributed by atoms with Crippen molar-refractivity contribution in [2.45, 2.75) is 62.7 Å². The van der Waals surface area contributed by atoms with Crippen LogP contribution in [0.25, 0.3) is 0 Å². The number of hydrogen-bond acceptors (Lipinski definition) is 10. The number of fused-ring (bicyclic) bond motifs is 1. The summed E-state index contributed by atoms with van der Waals surface area (Å²) in [5.74, 6) is -0.568. The zero-order valence-electron chi connectivity index (χ0n) is 18.0. The van der Waals surface area contributed by atoms with Crippen LogP contribution in [0.2, 0.25) is 0 Å². The van der Waals surface area contributed by atoms with E-state index < -0.39 is 54.5 Å². The number of phosphoric ester groups is 1. The molecule has 0 spiro atoms. The second-order valence-corrected chi connectivity index (χ2v) is 10.2. The van der Waals surface area contributed by atoms with Crippen LogP contribution in [0.4, 0.5) is 0 Å². The first-order chi connectivity index (χ1) is 15.0. The predicted molar refractivity (Wildman–Crippen MR) is 111 cm³/mol. The van der Waals surface area contributed by atoms with Crippen molar-refractivity contribution in [3.63, 3.8) is 0 Å². The molecule has 14 heteroatoms.